The first-order valence-electron chi connectivity index (χ1n) is 6.33. The Bertz CT molecular complexity index is 556. The minimum atomic E-state index is 0.0191. The van der Waals surface area contributed by atoms with Gasteiger partial charge in [0.05, 0.1) is 22.9 Å². The third-order valence-corrected chi connectivity index (χ3v) is 4.52. The number of thiophene rings is 1. The van der Waals surface area contributed by atoms with Crippen molar-refractivity contribution in [1.82, 2.24) is 10.3 Å². The van der Waals surface area contributed by atoms with Gasteiger partial charge in [0.1, 0.15) is 6.26 Å². The van der Waals surface area contributed by atoms with Crippen LogP contribution in [0, 0.1) is 0 Å². The zero-order valence-electron chi connectivity index (χ0n) is 11.8. The van der Waals surface area contributed by atoms with Crippen molar-refractivity contribution >= 4 is 29.0 Å². The predicted molar refractivity (Wildman–Crippen MR) is 83.9 cm³/mol. The molecule has 0 spiro atoms. The van der Waals surface area contributed by atoms with Crippen LogP contribution in [0.15, 0.2) is 28.2 Å². The Kier molecular flexibility index (Phi) is 4.88. The molecule has 1 amide bonds. The van der Waals surface area contributed by atoms with Crippen LogP contribution in [0.25, 0.3) is 10.8 Å². The number of carbonyl (C=O) groups is 1. The van der Waals surface area contributed by atoms with E-state index in [4.69, 9.17) is 4.42 Å². The molecule has 0 saturated carbocycles. The number of nitrogens with zero attached hydrogens (tertiary/aromatic N) is 1. The molecular formula is C14H18N2O2S2. The van der Waals surface area contributed by atoms with Gasteiger partial charge in [0.2, 0.25) is 11.8 Å². The number of hydrogen-bond acceptors (Lipinski definition) is 5. The van der Waals surface area contributed by atoms with Crippen LogP contribution < -0.4 is 5.32 Å². The summed E-state index contributed by atoms with van der Waals surface area (Å²) in [7, 11) is 0. The van der Waals surface area contributed by atoms with E-state index in [2.05, 4.69) is 31.1 Å². The number of nitrogens with one attached hydrogen (secondary N) is 1. The highest BCUT2D eigenvalue weighted by atomic mass is 32.2. The molecule has 0 atom stereocenters. The van der Waals surface area contributed by atoms with Gasteiger partial charge in [-0.15, -0.1) is 23.1 Å². The highest BCUT2D eigenvalue weighted by Crippen LogP contribution is 2.24. The monoisotopic (exact) mass is 310 g/mol. The fraction of sp³-hybridized carbons (Fsp3) is 0.429. The summed E-state index contributed by atoms with van der Waals surface area (Å²) in [5, 5.41) is 4.83. The normalized spacial score (nSPS) is 11.6. The molecule has 0 aliphatic rings. The molecule has 0 radical (unpaired) electrons. The topological polar surface area (TPSA) is 55.1 Å². The molecule has 0 aliphatic carbocycles. The first-order valence-corrected chi connectivity index (χ1v) is 8.19. The second-order valence-electron chi connectivity index (χ2n) is 5.30. The summed E-state index contributed by atoms with van der Waals surface area (Å²) in [4.78, 5) is 17.1. The molecule has 6 heteroatoms. The van der Waals surface area contributed by atoms with Gasteiger partial charge < -0.3 is 9.73 Å². The average Bonchev–Trinajstić information content (AvgIpc) is 3.03. The van der Waals surface area contributed by atoms with Gasteiger partial charge >= 0.3 is 0 Å². The first-order chi connectivity index (χ1) is 9.44. The summed E-state index contributed by atoms with van der Waals surface area (Å²) in [6.07, 6.45) is 1.59. The van der Waals surface area contributed by atoms with Crippen molar-refractivity contribution in [1.29, 1.82) is 0 Å². The van der Waals surface area contributed by atoms with Crippen LogP contribution in [0.4, 0.5) is 0 Å². The van der Waals surface area contributed by atoms with Crippen molar-refractivity contribution in [3.8, 4) is 10.8 Å². The maximum atomic E-state index is 11.7. The molecule has 20 heavy (non-hydrogen) atoms. The Morgan fingerprint density at radius 2 is 2.30 bits per heavy atom. The standard InChI is InChI=1S/C14H18N2O2S2/c1-14(2,3)20-9-12(17)15-7-10-8-18-13(16-10)11-5-4-6-19-11/h4-6,8H,7,9H2,1-3H3,(H,15,17). The van der Waals surface area contributed by atoms with Crippen LogP contribution in [0.2, 0.25) is 0 Å². The molecular weight excluding hydrogens is 292 g/mol. The van der Waals surface area contributed by atoms with Gasteiger partial charge in [-0.2, -0.15) is 0 Å². The van der Waals surface area contributed by atoms with Gasteiger partial charge in [0, 0.05) is 4.75 Å². The van der Waals surface area contributed by atoms with E-state index in [-0.39, 0.29) is 10.7 Å². The van der Waals surface area contributed by atoms with Crippen molar-refractivity contribution in [3.63, 3.8) is 0 Å². The number of carbonyl (C=O) groups excluding carboxylic acids is 1. The number of amides is 1. The molecule has 2 heterocycles. The number of hydrogen-bond donors (Lipinski definition) is 1. The molecule has 4 nitrogen and oxygen atoms in total. The van der Waals surface area contributed by atoms with E-state index in [1.54, 1.807) is 29.4 Å². The zero-order valence-corrected chi connectivity index (χ0v) is 13.4. The minimum absolute atomic E-state index is 0.0191. The van der Waals surface area contributed by atoms with Crippen molar-refractivity contribution < 1.29 is 9.21 Å². The van der Waals surface area contributed by atoms with Crippen LogP contribution in [-0.4, -0.2) is 21.4 Å². The van der Waals surface area contributed by atoms with E-state index in [1.807, 2.05) is 17.5 Å². The molecule has 0 fully saturated rings. The Morgan fingerprint density at radius 3 is 2.95 bits per heavy atom. The summed E-state index contributed by atoms with van der Waals surface area (Å²) in [5.74, 6) is 1.08. The van der Waals surface area contributed by atoms with E-state index >= 15 is 0 Å². The van der Waals surface area contributed by atoms with Crippen LogP contribution >= 0.6 is 23.1 Å². The highest BCUT2D eigenvalue weighted by molar-refractivity contribution is 8.01. The highest BCUT2D eigenvalue weighted by Gasteiger charge is 2.14. The molecule has 0 bridgehead atoms. The van der Waals surface area contributed by atoms with Gasteiger partial charge in [0.25, 0.3) is 0 Å². The summed E-state index contributed by atoms with van der Waals surface area (Å²) in [5.41, 5.74) is 0.738. The largest absolute Gasteiger partial charge is 0.443 e. The smallest absolute Gasteiger partial charge is 0.236 e. The molecule has 2 aromatic heterocycles. The van der Waals surface area contributed by atoms with Gasteiger partial charge in [-0.1, -0.05) is 26.8 Å². The second kappa shape index (κ2) is 6.45. The molecule has 0 unspecified atom stereocenters. The lowest BCUT2D eigenvalue weighted by molar-refractivity contribution is -0.118. The van der Waals surface area contributed by atoms with Gasteiger partial charge in [-0.3, -0.25) is 4.79 Å². The lowest BCUT2D eigenvalue weighted by atomic mass is 10.3. The van der Waals surface area contributed by atoms with Crippen LogP contribution in [0.3, 0.4) is 0 Å². The van der Waals surface area contributed by atoms with E-state index in [0.29, 0.717) is 18.2 Å². The van der Waals surface area contributed by atoms with Gasteiger partial charge in [-0.05, 0) is 11.4 Å². The zero-order chi connectivity index (χ0) is 14.6. The summed E-state index contributed by atoms with van der Waals surface area (Å²) >= 11 is 3.20. The lowest BCUT2D eigenvalue weighted by Crippen LogP contribution is -2.26. The summed E-state index contributed by atoms with van der Waals surface area (Å²) in [6, 6.07) is 3.91. The quantitative estimate of drug-likeness (QED) is 0.917. The Labute approximate surface area is 127 Å². The van der Waals surface area contributed by atoms with E-state index in [9.17, 15) is 4.79 Å². The van der Waals surface area contributed by atoms with Crippen LogP contribution in [0.5, 0.6) is 0 Å². The number of thioether (sulfide) groups is 1. The van der Waals surface area contributed by atoms with Gasteiger partial charge in [-0.25, -0.2) is 4.98 Å². The van der Waals surface area contributed by atoms with Crippen LogP contribution in [0.1, 0.15) is 26.5 Å². The molecule has 2 rings (SSSR count). The fourth-order valence-electron chi connectivity index (χ4n) is 1.42. The van der Waals surface area contributed by atoms with Crippen molar-refractivity contribution in [2.75, 3.05) is 5.75 Å². The molecule has 0 aliphatic heterocycles. The first kappa shape index (κ1) is 15.1. The Hall–Kier alpha value is -1.27. The lowest BCUT2D eigenvalue weighted by Gasteiger charge is -2.16. The Balaban J connectivity index is 1.81. The fourth-order valence-corrected chi connectivity index (χ4v) is 2.75. The van der Waals surface area contributed by atoms with Crippen molar-refractivity contribution in [3.05, 3.63) is 29.5 Å². The summed E-state index contributed by atoms with van der Waals surface area (Å²) < 4.78 is 5.49. The van der Waals surface area contributed by atoms with Crippen LogP contribution in [-0.2, 0) is 11.3 Å². The molecule has 1 N–H and O–H groups in total. The Morgan fingerprint density at radius 1 is 1.50 bits per heavy atom. The molecule has 2 aromatic rings. The molecule has 0 saturated heterocycles. The average molecular weight is 310 g/mol. The van der Waals surface area contributed by atoms with E-state index in [0.717, 1.165) is 10.6 Å². The number of oxazole rings is 1. The second-order valence-corrected chi connectivity index (χ2v) is 8.05. The third kappa shape index (κ3) is 4.68. The van der Waals surface area contributed by atoms with E-state index < -0.39 is 0 Å². The van der Waals surface area contributed by atoms with Crippen molar-refractivity contribution in [2.24, 2.45) is 0 Å². The maximum absolute atomic E-state index is 11.7. The molecule has 0 aromatic carbocycles. The van der Waals surface area contributed by atoms with Gasteiger partial charge in [0.15, 0.2) is 0 Å². The predicted octanol–water partition coefficient (Wildman–Crippen LogP) is 3.55. The summed E-state index contributed by atoms with van der Waals surface area (Å²) in [6.45, 7) is 6.68. The third-order valence-electron chi connectivity index (χ3n) is 2.39. The van der Waals surface area contributed by atoms with E-state index in [1.165, 1.54) is 0 Å². The minimum Gasteiger partial charge on any atom is -0.443 e. The SMILES string of the molecule is CC(C)(C)SCC(=O)NCc1coc(-c2cccs2)n1. The maximum Gasteiger partial charge on any atom is 0.236 e. The molecule has 108 valence electrons. The van der Waals surface area contributed by atoms with Crippen molar-refractivity contribution in [2.45, 2.75) is 32.1 Å². The number of rotatable bonds is 5. The number of aromatic nitrogens is 1.